The fraction of sp³-hybridized carbons (Fsp3) is 0.946. The number of piperidine rings is 2. The van der Waals surface area contributed by atoms with Crippen molar-refractivity contribution in [2.24, 2.45) is 46.3 Å². The van der Waals surface area contributed by atoms with E-state index in [1.807, 2.05) is 0 Å². The standard InChI is InChI=1S/C29H50N2O2.2C4H8O2/c1-28-12-11-22-21(23(28)18-24(27(28)33)30-13-5-3-6-14-30)10-9-20-17-26(32)25(19-29(20,22)2)31-15-7-4-8-16-31;2*1-3(2)4(5)6/h20-27,32-33H,3-19H2,1-2H3;2*3H,1-2H3,(H,5,6)/t20-,21+,22-,23-,24-,25-,26-,27-,28-,29-;;/m0../s1. The molecule has 0 aromatic heterocycles. The van der Waals surface area contributed by atoms with Gasteiger partial charge in [0.15, 0.2) is 0 Å². The first-order valence-corrected chi connectivity index (χ1v) is 18.5. The molecule has 6 rings (SSSR count). The highest BCUT2D eigenvalue weighted by atomic mass is 16.4. The van der Waals surface area contributed by atoms with Crippen molar-refractivity contribution in [3.8, 4) is 0 Å². The van der Waals surface area contributed by atoms with Gasteiger partial charge in [-0.05, 0) is 131 Å². The lowest BCUT2D eigenvalue weighted by molar-refractivity contribution is -0.154. The van der Waals surface area contributed by atoms with Crippen LogP contribution in [0.3, 0.4) is 0 Å². The zero-order valence-electron chi connectivity index (χ0n) is 29.3. The van der Waals surface area contributed by atoms with E-state index in [9.17, 15) is 19.8 Å². The van der Waals surface area contributed by atoms with E-state index in [0.717, 1.165) is 18.3 Å². The maximum Gasteiger partial charge on any atom is 0.305 e. The minimum atomic E-state index is -0.741. The fourth-order valence-electron chi connectivity index (χ4n) is 10.5. The molecule has 4 saturated carbocycles. The zero-order valence-corrected chi connectivity index (χ0v) is 29.3. The molecule has 260 valence electrons. The van der Waals surface area contributed by atoms with Crippen LogP contribution in [-0.2, 0) is 9.59 Å². The number of aliphatic hydroxyl groups is 2. The normalized spacial score (nSPS) is 41.9. The maximum atomic E-state index is 11.6. The molecular weight excluding hydrogens is 568 g/mol. The van der Waals surface area contributed by atoms with Crippen molar-refractivity contribution in [3.05, 3.63) is 0 Å². The Kier molecular flexibility index (Phi) is 12.5. The highest BCUT2D eigenvalue weighted by molar-refractivity contribution is 5.69. The summed E-state index contributed by atoms with van der Waals surface area (Å²) in [6.45, 7) is 16.4. The molecule has 8 nitrogen and oxygen atoms in total. The monoisotopic (exact) mass is 634 g/mol. The predicted octanol–water partition coefficient (Wildman–Crippen LogP) is 6.13. The molecule has 0 unspecified atom stereocenters. The van der Waals surface area contributed by atoms with Crippen LogP contribution in [-0.4, -0.2) is 92.6 Å². The van der Waals surface area contributed by atoms with Crippen molar-refractivity contribution < 1.29 is 30.0 Å². The Morgan fingerprint density at radius 1 is 0.667 bits per heavy atom. The Morgan fingerprint density at radius 3 is 1.64 bits per heavy atom. The highest BCUT2D eigenvalue weighted by Gasteiger charge is 2.63. The van der Waals surface area contributed by atoms with Gasteiger partial charge in [-0.2, -0.15) is 0 Å². The largest absolute Gasteiger partial charge is 0.481 e. The molecule has 2 aliphatic heterocycles. The molecule has 0 aromatic rings. The number of carboxylic acids is 2. The molecule has 0 bridgehead atoms. The molecule has 45 heavy (non-hydrogen) atoms. The van der Waals surface area contributed by atoms with E-state index in [2.05, 4.69) is 23.6 Å². The molecule has 2 saturated heterocycles. The molecule has 0 aromatic carbocycles. The van der Waals surface area contributed by atoms with Crippen molar-refractivity contribution in [2.75, 3.05) is 26.2 Å². The van der Waals surface area contributed by atoms with Crippen molar-refractivity contribution in [1.82, 2.24) is 9.80 Å². The summed E-state index contributed by atoms with van der Waals surface area (Å²) in [7, 11) is 0. The Hall–Kier alpha value is -1.22. The van der Waals surface area contributed by atoms with Crippen molar-refractivity contribution in [3.63, 3.8) is 0 Å². The van der Waals surface area contributed by atoms with Gasteiger partial charge in [0.05, 0.1) is 24.0 Å². The third-order valence-electron chi connectivity index (χ3n) is 13.4. The number of hydrogen-bond acceptors (Lipinski definition) is 6. The number of aliphatic hydroxyl groups excluding tert-OH is 2. The van der Waals surface area contributed by atoms with Crippen LogP contribution in [0.25, 0.3) is 0 Å². The van der Waals surface area contributed by atoms with E-state index in [1.54, 1.807) is 27.7 Å². The number of carbonyl (C=O) groups is 2. The third kappa shape index (κ3) is 7.92. The zero-order chi connectivity index (χ0) is 33.1. The van der Waals surface area contributed by atoms with Crippen molar-refractivity contribution in [1.29, 1.82) is 0 Å². The first kappa shape index (κ1) is 36.6. The van der Waals surface area contributed by atoms with E-state index in [1.165, 1.54) is 103 Å². The number of likely N-dealkylation sites (tertiary alicyclic amines) is 2. The van der Waals surface area contributed by atoms with Crippen LogP contribution in [0.5, 0.6) is 0 Å². The summed E-state index contributed by atoms with van der Waals surface area (Å²) in [6.07, 6.45) is 16.4. The van der Waals surface area contributed by atoms with E-state index in [-0.39, 0.29) is 29.5 Å². The molecule has 8 heteroatoms. The maximum absolute atomic E-state index is 11.6. The molecule has 6 fully saturated rings. The molecule has 4 aliphatic carbocycles. The SMILES string of the molecule is CC(C)C(=O)O.CC(C)C(=O)O.C[C@]12C[C@H](N3CCCCC3)[C@@H](O)C[C@@H]1CC[C@@H]1[C@@H]2CC[C@]2(C)[C@@H](O)[C@@H](N3CCCCC3)C[C@@H]12. The highest BCUT2D eigenvalue weighted by Crippen LogP contribution is 2.66. The number of carboxylic acid groups (broad SMARTS) is 2. The Labute approximate surface area is 273 Å². The lowest BCUT2D eigenvalue weighted by Crippen LogP contribution is -2.60. The Balaban J connectivity index is 0.000000329. The van der Waals surface area contributed by atoms with Gasteiger partial charge in [0.1, 0.15) is 0 Å². The summed E-state index contributed by atoms with van der Waals surface area (Å²) >= 11 is 0. The number of nitrogens with zero attached hydrogens (tertiary/aromatic N) is 2. The van der Waals surface area contributed by atoms with E-state index in [0.29, 0.717) is 29.3 Å². The van der Waals surface area contributed by atoms with Crippen LogP contribution in [0.15, 0.2) is 0 Å². The first-order chi connectivity index (χ1) is 21.2. The summed E-state index contributed by atoms with van der Waals surface area (Å²) in [6, 6.07) is 0.785. The lowest BCUT2D eigenvalue weighted by atomic mass is 9.44. The number of hydrogen-bond donors (Lipinski definition) is 4. The quantitative estimate of drug-likeness (QED) is 0.291. The fourth-order valence-corrected chi connectivity index (χ4v) is 10.5. The molecule has 0 spiro atoms. The van der Waals surface area contributed by atoms with Crippen LogP contribution in [0.1, 0.15) is 125 Å². The average molecular weight is 635 g/mol. The summed E-state index contributed by atoms with van der Waals surface area (Å²) < 4.78 is 0. The summed E-state index contributed by atoms with van der Waals surface area (Å²) in [5, 5.41) is 38.8. The third-order valence-corrected chi connectivity index (χ3v) is 13.4. The van der Waals surface area contributed by atoms with Crippen LogP contribution >= 0.6 is 0 Å². The molecule has 4 N–H and O–H groups in total. The van der Waals surface area contributed by atoms with Crippen LogP contribution in [0.2, 0.25) is 0 Å². The first-order valence-electron chi connectivity index (χ1n) is 18.5. The van der Waals surface area contributed by atoms with Gasteiger partial charge in [0, 0.05) is 12.1 Å². The Morgan fingerprint density at radius 2 is 1.16 bits per heavy atom. The number of rotatable bonds is 4. The van der Waals surface area contributed by atoms with Crippen LogP contribution in [0.4, 0.5) is 0 Å². The second-order valence-corrected chi connectivity index (χ2v) is 16.7. The van der Waals surface area contributed by atoms with Crippen LogP contribution < -0.4 is 0 Å². The smallest absolute Gasteiger partial charge is 0.305 e. The predicted molar refractivity (Wildman–Crippen MR) is 178 cm³/mol. The average Bonchev–Trinajstić information content (AvgIpc) is 3.29. The minimum Gasteiger partial charge on any atom is -0.481 e. The molecule has 10 atom stereocenters. The van der Waals surface area contributed by atoms with Gasteiger partial charge >= 0.3 is 11.9 Å². The van der Waals surface area contributed by atoms with Gasteiger partial charge in [0.25, 0.3) is 0 Å². The van der Waals surface area contributed by atoms with Crippen molar-refractivity contribution in [2.45, 2.75) is 149 Å². The molecule has 6 aliphatic rings. The summed E-state index contributed by atoms with van der Waals surface area (Å²) in [5.74, 6) is 1.02. The molecule has 0 amide bonds. The van der Waals surface area contributed by atoms with Gasteiger partial charge in [-0.15, -0.1) is 0 Å². The van der Waals surface area contributed by atoms with E-state index >= 15 is 0 Å². The number of aliphatic carboxylic acids is 2. The van der Waals surface area contributed by atoms with Gasteiger partial charge in [-0.3, -0.25) is 19.4 Å². The molecular formula is C37H66N2O6. The molecule has 2 heterocycles. The van der Waals surface area contributed by atoms with Gasteiger partial charge in [0.2, 0.25) is 0 Å². The van der Waals surface area contributed by atoms with E-state index in [4.69, 9.17) is 10.2 Å². The van der Waals surface area contributed by atoms with Gasteiger partial charge < -0.3 is 20.4 Å². The van der Waals surface area contributed by atoms with Crippen molar-refractivity contribution >= 4 is 11.9 Å². The molecule has 0 radical (unpaired) electrons. The summed E-state index contributed by atoms with van der Waals surface area (Å²) in [5.41, 5.74) is 0.493. The van der Waals surface area contributed by atoms with Gasteiger partial charge in [-0.1, -0.05) is 54.4 Å². The van der Waals surface area contributed by atoms with Gasteiger partial charge in [-0.25, -0.2) is 0 Å². The van der Waals surface area contributed by atoms with Crippen LogP contribution in [0, 0.1) is 46.3 Å². The topological polar surface area (TPSA) is 122 Å². The lowest BCUT2D eigenvalue weighted by Gasteiger charge is -2.62. The second kappa shape index (κ2) is 15.3. The minimum absolute atomic E-state index is 0.118. The second-order valence-electron chi connectivity index (χ2n) is 16.7. The summed E-state index contributed by atoms with van der Waals surface area (Å²) in [4.78, 5) is 24.7. The number of fused-ring (bicyclic) bond motifs is 5. The Bertz CT molecular complexity index is 960. The van der Waals surface area contributed by atoms with E-state index < -0.39 is 11.9 Å².